The summed E-state index contributed by atoms with van der Waals surface area (Å²) in [5, 5.41) is 23.3. The number of carbonyl (C=O) groups excluding carboxylic acids is 2. The lowest BCUT2D eigenvalue weighted by Crippen LogP contribution is -2.14. The van der Waals surface area contributed by atoms with Crippen molar-refractivity contribution in [2.75, 3.05) is 42.7 Å². The number of esters is 2. The molecule has 0 aliphatic heterocycles. The minimum absolute atomic E-state index is 0.00241. The minimum atomic E-state index is -0.766. The molecule has 0 radical (unpaired) electrons. The number of ether oxygens (including phenoxy) is 8. The SMILES string of the molecule is COC(=O)c1c(OCc2ccccc2)c(-c2c(OCc3ccccc3)c(C(=O)OC)c(OC)c3cc(OC)c(C[C@@H](C)O)cc23)c2cc(C[C@@H](C)O)c(OC)cc2c1OC. The molecule has 0 spiro atoms. The summed E-state index contributed by atoms with van der Waals surface area (Å²) in [4.78, 5) is 28.5. The monoisotopic (exact) mass is 818 g/mol. The number of rotatable bonds is 17. The average molecular weight is 819 g/mol. The maximum atomic E-state index is 14.2. The molecule has 6 aromatic carbocycles. The zero-order valence-electron chi connectivity index (χ0n) is 35.0. The van der Waals surface area contributed by atoms with E-state index >= 15 is 0 Å². The first-order valence-electron chi connectivity index (χ1n) is 19.4. The number of aliphatic hydroxyl groups is 2. The first kappa shape index (κ1) is 43.1. The lowest BCUT2D eigenvalue weighted by Gasteiger charge is -2.27. The van der Waals surface area contributed by atoms with E-state index in [1.165, 1.54) is 42.7 Å². The average Bonchev–Trinajstić information content (AvgIpc) is 3.25. The zero-order chi connectivity index (χ0) is 43.1. The third kappa shape index (κ3) is 8.61. The van der Waals surface area contributed by atoms with Gasteiger partial charge < -0.3 is 48.1 Å². The maximum absolute atomic E-state index is 14.2. The van der Waals surface area contributed by atoms with Crippen molar-refractivity contribution in [3.05, 3.63) is 118 Å². The van der Waals surface area contributed by atoms with Crippen molar-refractivity contribution in [3.63, 3.8) is 0 Å². The lowest BCUT2D eigenvalue weighted by atomic mass is 9.85. The van der Waals surface area contributed by atoms with E-state index in [1.807, 2.05) is 72.8 Å². The standard InChI is InChI=1S/C48H50O12/c1-27(49)19-31-21-33-35(23-37(31)53-3)43(55-5)41(47(51)57-7)45(59-25-29-15-11-9-12-16-29)39(33)40-34-22-32(20-28(2)50)38(54-4)24-36(34)44(56-6)42(48(52)58-8)46(40)60-26-30-17-13-10-14-18-30/h9-18,21-24,27-28,49-50H,19-20,25-26H2,1-8H3/t27-,28-/m1/s1. The number of aliphatic hydroxyl groups excluding tert-OH is 2. The normalized spacial score (nSPS) is 12.1. The van der Waals surface area contributed by atoms with Crippen molar-refractivity contribution in [2.24, 2.45) is 0 Å². The number of fused-ring (bicyclic) bond motifs is 2. The maximum Gasteiger partial charge on any atom is 0.345 e. The molecule has 0 saturated carbocycles. The molecule has 0 saturated heterocycles. The van der Waals surface area contributed by atoms with E-state index < -0.39 is 24.1 Å². The topological polar surface area (TPSA) is 148 Å². The Kier molecular flexibility index (Phi) is 13.7. The lowest BCUT2D eigenvalue weighted by molar-refractivity contribution is 0.0582. The van der Waals surface area contributed by atoms with Crippen molar-refractivity contribution in [3.8, 4) is 45.6 Å². The van der Waals surface area contributed by atoms with Gasteiger partial charge in [0.15, 0.2) is 0 Å². The third-order valence-corrected chi connectivity index (χ3v) is 10.2. The minimum Gasteiger partial charge on any atom is -0.496 e. The summed E-state index contributed by atoms with van der Waals surface area (Å²) in [6, 6.07) is 26.0. The van der Waals surface area contributed by atoms with Crippen LogP contribution in [0.3, 0.4) is 0 Å². The number of methoxy groups -OCH3 is 6. The molecule has 2 atom stereocenters. The van der Waals surface area contributed by atoms with E-state index in [0.717, 1.165) is 11.1 Å². The molecule has 60 heavy (non-hydrogen) atoms. The Morgan fingerprint density at radius 2 is 0.867 bits per heavy atom. The van der Waals surface area contributed by atoms with Crippen LogP contribution in [0.15, 0.2) is 84.9 Å². The molecule has 12 heteroatoms. The summed E-state index contributed by atoms with van der Waals surface area (Å²) in [6.07, 6.45) is -1.14. The summed E-state index contributed by atoms with van der Waals surface area (Å²) in [6.45, 7) is 3.35. The Balaban J connectivity index is 1.94. The summed E-state index contributed by atoms with van der Waals surface area (Å²) in [7, 11) is 8.45. The molecule has 6 rings (SSSR count). The first-order valence-corrected chi connectivity index (χ1v) is 19.4. The highest BCUT2D eigenvalue weighted by atomic mass is 16.5. The van der Waals surface area contributed by atoms with Gasteiger partial charge in [-0.25, -0.2) is 9.59 Å². The molecule has 0 amide bonds. The quantitative estimate of drug-likeness (QED) is 0.0854. The number of benzene rings is 6. The van der Waals surface area contributed by atoms with Crippen LogP contribution in [-0.2, 0) is 35.5 Å². The van der Waals surface area contributed by atoms with Crippen LogP contribution in [0.25, 0.3) is 32.7 Å². The fraction of sp³-hybridized carbons (Fsp3) is 0.292. The van der Waals surface area contributed by atoms with Gasteiger partial charge in [-0.3, -0.25) is 0 Å². The van der Waals surface area contributed by atoms with Gasteiger partial charge in [-0.1, -0.05) is 60.7 Å². The highest BCUT2D eigenvalue weighted by Crippen LogP contribution is 2.56. The molecular formula is C48H50O12. The van der Waals surface area contributed by atoms with E-state index in [0.29, 0.717) is 55.3 Å². The van der Waals surface area contributed by atoms with E-state index in [9.17, 15) is 19.8 Å². The molecule has 0 aliphatic rings. The van der Waals surface area contributed by atoms with Crippen LogP contribution >= 0.6 is 0 Å². The van der Waals surface area contributed by atoms with E-state index in [4.69, 9.17) is 37.9 Å². The van der Waals surface area contributed by atoms with Gasteiger partial charge in [0.2, 0.25) is 0 Å². The van der Waals surface area contributed by atoms with E-state index in [-0.39, 0.29) is 60.2 Å². The Bertz CT molecular complexity index is 2320. The first-order chi connectivity index (χ1) is 29.0. The van der Waals surface area contributed by atoms with Gasteiger partial charge in [-0.15, -0.1) is 0 Å². The fourth-order valence-corrected chi connectivity index (χ4v) is 7.59. The second-order valence-corrected chi connectivity index (χ2v) is 14.3. The number of carbonyl (C=O) groups is 2. The highest BCUT2D eigenvalue weighted by molar-refractivity contribution is 6.20. The smallest absolute Gasteiger partial charge is 0.345 e. The molecule has 0 aromatic heterocycles. The van der Waals surface area contributed by atoms with Crippen molar-refractivity contribution in [1.82, 2.24) is 0 Å². The second kappa shape index (κ2) is 19.0. The van der Waals surface area contributed by atoms with E-state index in [1.54, 1.807) is 26.0 Å². The van der Waals surface area contributed by atoms with Crippen LogP contribution in [0.1, 0.15) is 56.8 Å². The van der Waals surface area contributed by atoms with Gasteiger partial charge in [0, 0.05) is 34.7 Å². The molecule has 2 N–H and O–H groups in total. The van der Waals surface area contributed by atoms with Crippen LogP contribution in [0.5, 0.6) is 34.5 Å². The Hall–Kier alpha value is -6.50. The predicted octanol–water partition coefficient (Wildman–Crippen LogP) is 8.27. The van der Waals surface area contributed by atoms with Crippen LogP contribution < -0.4 is 28.4 Å². The van der Waals surface area contributed by atoms with Gasteiger partial charge in [0.05, 0.1) is 54.9 Å². The zero-order valence-corrected chi connectivity index (χ0v) is 35.0. The summed E-state index contributed by atoms with van der Waals surface area (Å²) >= 11 is 0. The molecule has 0 heterocycles. The number of hydrogen-bond donors (Lipinski definition) is 2. The second-order valence-electron chi connectivity index (χ2n) is 14.3. The van der Waals surface area contributed by atoms with Crippen LogP contribution in [0.2, 0.25) is 0 Å². The molecule has 12 nitrogen and oxygen atoms in total. The van der Waals surface area contributed by atoms with Crippen molar-refractivity contribution < 1.29 is 57.7 Å². The van der Waals surface area contributed by atoms with Crippen LogP contribution in [0, 0.1) is 0 Å². The fourth-order valence-electron chi connectivity index (χ4n) is 7.59. The van der Waals surface area contributed by atoms with Crippen LogP contribution in [-0.4, -0.2) is 77.0 Å². The Labute approximate surface area is 349 Å². The molecule has 314 valence electrons. The molecular weight excluding hydrogens is 769 g/mol. The van der Waals surface area contributed by atoms with Crippen molar-refractivity contribution in [1.29, 1.82) is 0 Å². The molecule has 0 fully saturated rings. The van der Waals surface area contributed by atoms with Crippen LogP contribution in [0.4, 0.5) is 0 Å². The van der Waals surface area contributed by atoms with Crippen molar-refractivity contribution in [2.45, 2.75) is 52.1 Å². The summed E-state index contributed by atoms with van der Waals surface area (Å²) < 4.78 is 48.4. The summed E-state index contributed by atoms with van der Waals surface area (Å²) in [5.74, 6) is -0.273. The van der Waals surface area contributed by atoms with Gasteiger partial charge >= 0.3 is 11.9 Å². The Morgan fingerprint density at radius 3 is 1.17 bits per heavy atom. The third-order valence-electron chi connectivity index (χ3n) is 10.2. The number of hydrogen-bond acceptors (Lipinski definition) is 12. The predicted molar refractivity (Wildman–Crippen MR) is 228 cm³/mol. The van der Waals surface area contributed by atoms with Gasteiger partial charge in [0.1, 0.15) is 58.8 Å². The molecule has 6 aromatic rings. The summed E-state index contributed by atoms with van der Waals surface area (Å²) in [5.41, 5.74) is 3.42. The molecule has 0 aliphatic carbocycles. The van der Waals surface area contributed by atoms with E-state index in [2.05, 4.69) is 0 Å². The van der Waals surface area contributed by atoms with Gasteiger partial charge in [0.25, 0.3) is 0 Å². The van der Waals surface area contributed by atoms with Gasteiger partial charge in [-0.2, -0.15) is 0 Å². The van der Waals surface area contributed by atoms with Gasteiger partial charge in [-0.05, 0) is 71.1 Å². The largest absolute Gasteiger partial charge is 0.496 e. The Morgan fingerprint density at radius 1 is 0.500 bits per heavy atom. The van der Waals surface area contributed by atoms with Crippen molar-refractivity contribution >= 4 is 33.5 Å². The molecule has 0 bridgehead atoms. The molecule has 0 unspecified atom stereocenters. The highest BCUT2D eigenvalue weighted by Gasteiger charge is 2.35.